The first-order valence-corrected chi connectivity index (χ1v) is 7.41. The van der Waals surface area contributed by atoms with Crippen LogP contribution in [0.3, 0.4) is 0 Å². The van der Waals surface area contributed by atoms with Gasteiger partial charge in [-0.25, -0.2) is 0 Å². The van der Waals surface area contributed by atoms with E-state index in [1.54, 1.807) is 0 Å². The van der Waals surface area contributed by atoms with Crippen LogP contribution in [-0.2, 0) is 0 Å². The Morgan fingerprint density at radius 1 is 1.08 bits per heavy atom. The third-order valence-electron chi connectivity index (χ3n) is 1.77. The van der Waals surface area contributed by atoms with Gasteiger partial charge in [0.2, 0.25) is 0 Å². The van der Waals surface area contributed by atoms with Gasteiger partial charge >= 0.3 is 8.80 Å². The summed E-state index contributed by atoms with van der Waals surface area (Å²) in [7, 11) is -0.119. The van der Waals surface area contributed by atoms with E-state index in [0.29, 0.717) is 5.41 Å². The third-order valence-corrected chi connectivity index (χ3v) is 3.43. The molecule has 12 heavy (non-hydrogen) atoms. The molecule has 0 saturated heterocycles. The van der Waals surface area contributed by atoms with Crippen molar-refractivity contribution in [2.75, 3.05) is 0 Å². The predicted octanol–water partition coefficient (Wildman–Crippen LogP) is 2.89. The SMILES string of the molecule is C[Si+](C)CC(C)(C)CC(C)(C)N. The van der Waals surface area contributed by atoms with E-state index in [1.807, 2.05) is 0 Å². The first kappa shape index (κ1) is 12.2. The molecule has 0 aliphatic rings. The maximum atomic E-state index is 6.01. The van der Waals surface area contributed by atoms with E-state index >= 15 is 0 Å². The van der Waals surface area contributed by atoms with Crippen LogP contribution in [0.15, 0.2) is 0 Å². The van der Waals surface area contributed by atoms with Crippen molar-refractivity contribution in [1.29, 1.82) is 0 Å². The molecule has 1 nitrogen and oxygen atoms in total. The Hall–Kier alpha value is 0.177. The Morgan fingerprint density at radius 3 is 1.75 bits per heavy atom. The van der Waals surface area contributed by atoms with E-state index in [2.05, 4.69) is 40.8 Å². The van der Waals surface area contributed by atoms with E-state index in [4.69, 9.17) is 5.73 Å². The molecule has 0 aliphatic carbocycles. The monoisotopic (exact) mass is 186 g/mol. The van der Waals surface area contributed by atoms with Crippen LogP contribution in [0.5, 0.6) is 0 Å². The Kier molecular flexibility index (Phi) is 3.98. The fraction of sp³-hybridized carbons (Fsp3) is 1.00. The van der Waals surface area contributed by atoms with E-state index in [0.717, 1.165) is 6.42 Å². The van der Waals surface area contributed by atoms with Gasteiger partial charge in [0.1, 0.15) is 0 Å². The highest BCUT2D eigenvalue weighted by molar-refractivity contribution is 6.55. The van der Waals surface area contributed by atoms with Crippen LogP contribution in [0.25, 0.3) is 0 Å². The van der Waals surface area contributed by atoms with Crippen LogP contribution < -0.4 is 5.73 Å². The zero-order valence-corrected chi connectivity index (χ0v) is 10.5. The summed E-state index contributed by atoms with van der Waals surface area (Å²) >= 11 is 0. The van der Waals surface area contributed by atoms with E-state index in [-0.39, 0.29) is 14.3 Å². The average Bonchev–Trinajstić information content (AvgIpc) is 1.48. The number of nitrogens with two attached hydrogens (primary N) is 1. The second-order valence-electron chi connectivity index (χ2n) is 5.71. The second kappa shape index (κ2) is 3.92. The van der Waals surface area contributed by atoms with Crippen molar-refractivity contribution < 1.29 is 0 Å². The summed E-state index contributed by atoms with van der Waals surface area (Å²) in [6.07, 6.45) is 1.12. The van der Waals surface area contributed by atoms with Crippen molar-refractivity contribution in [3.63, 3.8) is 0 Å². The molecule has 0 amide bonds. The largest absolute Gasteiger partial charge is 0.326 e. The Labute approximate surface area is 79.3 Å². The van der Waals surface area contributed by atoms with Gasteiger partial charge in [-0.05, 0) is 25.7 Å². The molecule has 72 valence electrons. The van der Waals surface area contributed by atoms with Crippen LogP contribution in [-0.4, -0.2) is 14.3 Å². The zero-order chi connectivity index (χ0) is 9.99. The molecule has 0 rings (SSSR count). The number of rotatable bonds is 4. The van der Waals surface area contributed by atoms with Crippen LogP contribution >= 0.6 is 0 Å². The average molecular weight is 186 g/mol. The summed E-state index contributed by atoms with van der Waals surface area (Å²) in [6, 6.07) is 1.36. The van der Waals surface area contributed by atoms with Gasteiger partial charge in [0, 0.05) is 5.54 Å². The van der Waals surface area contributed by atoms with Crippen LogP contribution in [0.4, 0.5) is 0 Å². The van der Waals surface area contributed by atoms with Crippen molar-refractivity contribution in [3.05, 3.63) is 0 Å². The predicted molar refractivity (Wildman–Crippen MR) is 59.0 cm³/mol. The van der Waals surface area contributed by atoms with Crippen molar-refractivity contribution in [1.82, 2.24) is 0 Å². The van der Waals surface area contributed by atoms with Crippen molar-refractivity contribution in [2.24, 2.45) is 11.1 Å². The molecule has 2 heteroatoms. The topological polar surface area (TPSA) is 26.0 Å². The molecule has 0 unspecified atom stereocenters. The molecule has 0 heterocycles. The second-order valence-corrected chi connectivity index (χ2v) is 8.48. The standard InChI is InChI=1S/C10H24NSi/c1-9(2,8-12(5)6)7-10(3,4)11/h7-8,11H2,1-6H3/q+1. The van der Waals surface area contributed by atoms with Gasteiger partial charge in [0.25, 0.3) is 0 Å². The smallest absolute Gasteiger partial charge is 0.308 e. The molecule has 0 aromatic rings. The van der Waals surface area contributed by atoms with Gasteiger partial charge < -0.3 is 5.73 Å². The highest BCUT2D eigenvalue weighted by Gasteiger charge is 2.31. The van der Waals surface area contributed by atoms with E-state index in [1.165, 1.54) is 6.04 Å². The van der Waals surface area contributed by atoms with Gasteiger partial charge in [-0.3, -0.25) is 0 Å². The molecule has 0 bridgehead atoms. The molecule has 0 aromatic carbocycles. The van der Waals surface area contributed by atoms with E-state index < -0.39 is 0 Å². The van der Waals surface area contributed by atoms with Gasteiger partial charge in [0.15, 0.2) is 0 Å². The molecule has 0 radical (unpaired) electrons. The summed E-state index contributed by atoms with van der Waals surface area (Å²) in [5.41, 5.74) is 6.42. The highest BCUT2D eigenvalue weighted by Crippen LogP contribution is 2.31. The summed E-state index contributed by atoms with van der Waals surface area (Å²) in [6.45, 7) is 13.6. The molecule has 0 spiro atoms. The third kappa shape index (κ3) is 6.86. The minimum Gasteiger partial charge on any atom is -0.326 e. The molecule has 0 aliphatic heterocycles. The van der Waals surface area contributed by atoms with Crippen LogP contribution in [0.2, 0.25) is 19.1 Å². The first-order chi connectivity index (χ1) is 5.12. The Morgan fingerprint density at radius 2 is 1.50 bits per heavy atom. The summed E-state index contributed by atoms with van der Waals surface area (Å²) in [5.74, 6) is 0. The van der Waals surface area contributed by atoms with Crippen LogP contribution in [0, 0.1) is 5.41 Å². The highest BCUT2D eigenvalue weighted by atomic mass is 28.3. The molecule has 0 aromatic heterocycles. The Bertz CT molecular complexity index is 133. The van der Waals surface area contributed by atoms with Gasteiger partial charge in [-0.2, -0.15) is 0 Å². The lowest BCUT2D eigenvalue weighted by atomic mass is 9.82. The summed E-state index contributed by atoms with van der Waals surface area (Å²) < 4.78 is 0. The lowest BCUT2D eigenvalue weighted by Crippen LogP contribution is -2.38. The number of hydrogen-bond donors (Lipinski definition) is 1. The van der Waals surface area contributed by atoms with Crippen molar-refractivity contribution in [3.8, 4) is 0 Å². The quantitative estimate of drug-likeness (QED) is 0.671. The minimum atomic E-state index is -0.119. The van der Waals surface area contributed by atoms with Gasteiger partial charge in [0.05, 0.1) is 19.1 Å². The lowest BCUT2D eigenvalue weighted by molar-refractivity contribution is 0.285. The fourth-order valence-corrected chi connectivity index (χ4v) is 4.29. The lowest BCUT2D eigenvalue weighted by Gasteiger charge is -2.30. The molecular weight excluding hydrogens is 162 g/mol. The fourth-order valence-electron chi connectivity index (χ4n) is 2.25. The first-order valence-electron chi connectivity index (χ1n) is 4.70. The zero-order valence-electron chi connectivity index (χ0n) is 9.49. The summed E-state index contributed by atoms with van der Waals surface area (Å²) in [4.78, 5) is 0. The molecule has 0 atom stereocenters. The van der Waals surface area contributed by atoms with Gasteiger partial charge in [-0.1, -0.05) is 13.8 Å². The molecular formula is C10H24NSi+. The van der Waals surface area contributed by atoms with E-state index in [9.17, 15) is 0 Å². The maximum absolute atomic E-state index is 6.01. The number of hydrogen-bond acceptors (Lipinski definition) is 1. The van der Waals surface area contributed by atoms with Crippen molar-refractivity contribution >= 4 is 8.80 Å². The molecule has 2 N–H and O–H groups in total. The van der Waals surface area contributed by atoms with Crippen LogP contribution in [0.1, 0.15) is 34.1 Å². The Balaban J connectivity index is 4.04. The summed E-state index contributed by atoms with van der Waals surface area (Å²) in [5, 5.41) is 0. The molecule has 0 fully saturated rings. The normalized spacial score (nSPS) is 13.2. The van der Waals surface area contributed by atoms with Crippen molar-refractivity contribution in [2.45, 2.75) is 58.8 Å². The minimum absolute atomic E-state index is 0.0131. The maximum Gasteiger partial charge on any atom is 0.308 e. The molecule has 0 saturated carbocycles. The van der Waals surface area contributed by atoms with Gasteiger partial charge in [-0.15, -0.1) is 0 Å².